The molecule has 2 aromatic heterocycles. The number of halogens is 1. The molecule has 0 radical (unpaired) electrons. The third kappa shape index (κ3) is 4.54. The van der Waals surface area contributed by atoms with Gasteiger partial charge in [0.2, 0.25) is 5.91 Å². The molecule has 0 bridgehead atoms. The fourth-order valence-electron chi connectivity index (χ4n) is 3.50. The van der Waals surface area contributed by atoms with Crippen LogP contribution >= 0.6 is 0 Å². The second-order valence-electron chi connectivity index (χ2n) is 7.29. The number of hydrogen-bond donors (Lipinski definition) is 1. The number of benzene rings is 2. The van der Waals surface area contributed by atoms with Crippen LogP contribution in [0.4, 0.5) is 4.39 Å². The molecule has 1 atom stereocenters. The minimum absolute atomic E-state index is 0.0281. The van der Waals surface area contributed by atoms with Crippen LogP contribution in [0.15, 0.2) is 72.9 Å². The number of pyridine rings is 1. The summed E-state index contributed by atoms with van der Waals surface area (Å²) in [7, 11) is 0. The smallest absolute Gasteiger partial charge is 0.220 e. The Morgan fingerprint density at radius 1 is 1.07 bits per heavy atom. The number of carbonyl (C=O) groups excluding carboxylic acids is 1. The predicted octanol–water partition coefficient (Wildman–Crippen LogP) is 4.43. The average Bonchev–Trinajstić information content (AvgIpc) is 3.12. The van der Waals surface area contributed by atoms with Gasteiger partial charge < -0.3 is 9.88 Å². The molecule has 0 saturated carbocycles. The van der Waals surface area contributed by atoms with Crippen LogP contribution in [0.1, 0.15) is 36.3 Å². The second kappa shape index (κ2) is 8.86. The van der Waals surface area contributed by atoms with Gasteiger partial charge >= 0.3 is 0 Å². The molecule has 4 aromatic rings. The Morgan fingerprint density at radius 3 is 2.60 bits per heavy atom. The first kappa shape index (κ1) is 19.8. The first-order valence-corrected chi connectivity index (χ1v) is 9.99. The van der Waals surface area contributed by atoms with Crippen molar-refractivity contribution in [1.82, 2.24) is 19.9 Å². The van der Waals surface area contributed by atoms with Crippen LogP contribution in [0.5, 0.6) is 0 Å². The number of carbonyl (C=O) groups is 1. The molecule has 0 fully saturated rings. The summed E-state index contributed by atoms with van der Waals surface area (Å²) in [4.78, 5) is 21.7. The number of amides is 1. The Morgan fingerprint density at radius 2 is 1.83 bits per heavy atom. The van der Waals surface area contributed by atoms with E-state index in [1.54, 1.807) is 18.3 Å². The lowest BCUT2D eigenvalue weighted by atomic mass is 10.1. The molecule has 30 heavy (non-hydrogen) atoms. The summed E-state index contributed by atoms with van der Waals surface area (Å²) < 4.78 is 15.3. The van der Waals surface area contributed by atoms with E-state index in [9.17, 15) is 9.18 Å². The zero-order valence-corrected chi connectivity index (χ0v) is 16.8. The van der Waals surface area contributed by atoms with Gasteiger partial charge in [-0.3, -0.25) is 4.79 Å². The summed E-state index contributed by atoms with van der Waals surface area (Å²) >= 11 is 0. The summed E-state index contributed by atoms with van der Waals surface area (Å²) in [5.74, 6) is 0.493. The zero-order chi connectivity index (χ0) is 20.9. The van der Waals surface area contributed by atoms with Crippen molar-refractivity contribution in [3.05, 3.63) is 95.7 Å². The molecule has 0 unspecified atom stereocenters. The van der Waals surface area contributed by atoms with E-state index in [-0.39, 0.29) is 17.8 Å². The number of aryl methyl sites for hydroxylation is 1. The van der Waals surface area contributed by atoms with Gasteiger partial charge in [-0.1, -0.05) is 42.5 Å². The van der Waals surface area contributed by atoms with E-state index in [1.807, 2.05) is 54.0 Å². The lowest BCUT2D eigenvalue weighted by Gasteiger charge is -2.14. The van der Waals surface area contributed by atoms with Crippen molar-refractivity contribution in [2.75, 3.05) is 0 Å². The summed E-state index contributed by atoms with van der Waals surface area (Å²) in [6.45, 7) is 2.49. The van der Waals surface area contributed by atoms with Gasteiger partial charge in [-0.25, -0.2) is 14.4 Å². The molecule has 0 aliphatic rings. The van der Waals surface area contributed by atoms with Crippen LogP contribution in [-0.2, 0) is 17.8 Å². The fourth-order valence-corrected chi connectivity index (χ4v) is 3.50. The molecule has 1 amide bonds. The van der Waals surface area contributed by atoms with E-state index < -0.39 is 0 Å². The van der Waals surface area contributed by atoms with Gasteiger partial charge in [0.05, 0.1) is 12.6 Å². The maximum Gasteiger partial charge on any atom is 0.220 e. The Balaban J connectivity index is 1.49. The molecule has 0 aliphatic carbocycles. The lowest BCUT2D eigenvalue weighted by Crippen LogP contribution is -2.27. The molecule has 0 spiro atoms. The minimum Gasteiger partial charge on any atom is -0.350 e. The van der Waals surface area contributed by atoms with E-state index in [0.29, 0.717) is 19.4 Å². The zero-order valence-electron chi connectivity index (χ0n) is 16.8. The van der Waals surface area contributed by atoms with Gasteiger partial charge in [-0.2, -0.15) is 0 Å². The van der Waals surface area contributed by atoms with Crippen molar-refractivity contribution in [1.29, 1.82) is 0 Å². The van der Waals surface area contributed by atoms with E-state index in [4.69, 9.17) is 0 Å². The highest BCUT2D eigenvalue weighted by Crippen LogP contribution is 2.18. The highest BCUT2D eigenvalue weighted by atomic mass is 19.1. The number of aromatic nitrogens is 3. The van der Waals surface area contributed by atoms with Crippen molar-refractivity contribution < 1.29 is 9.18 Å². The number of imidazole rings is 1. The van der Waals surface area contributed by atoms with Crippen LogP contribution < -0.4 is 5.32 Å². The molecule has 152 valence electrons. The third-order valence-electron chi connectivity index (χ3n) is 5.09. The Bertz CT molecular complexity index is 1140. The van der Waals surface area contributed by atoms with E-state index in [2.05, 4.69) is 15.3 Å². The molecule has 2 heterocycles. The van der Waals surface area contributed by atoms with Crippen LogP contribution in [0.25, 0.3) is 11.2 Å². The molecule has 1 N–H and O–H groups in total. The monoisotopic (exact) mass is 402 g/mol. The molecule has 5 nitrogen and oxygen atoms in total. The van der Waals surface area contributed by atoms with Gasteiger partial charge in [-0.15, -0.1) is 0 Å². The highest BCUT2D eigenvalue weighted by molar-refractivity contribution is 5.77. The fraction of sp³-hybridized carbons (Fsp3) is 0.208. The van der Waals surface area contributed by atoms with E-state index >= 15 is 0 Å². The van der Waals surface area contributed by atoms with Crippen molar-refractivity contribution in [2.45, 2.75) is 32.4 Å². The van der Waals surface area contributed by atoms with Gasteiger partial charge in [0.15, 0.2) is 5.65 Å². The standard InChI is InChI=1S/C24H23FN4O/c1-17(19-6-3-2-4-7-19)27-23(30)14-13-22-28-21-8-5-15-26-24(21)29(22)16-18-9-11-20(25)12-10-18/h2-12,15,17H,13-14,16H2,1H3,(H,27,30)/t17-/m0/s1. The number of fused-ring (bicyclic) bond motifs is 1. The van der Waals surface area contributed by atoms with Gasteiger partial charge in [-0.05, 0) is 42.3 Å². The summed E-state index contributed by atoms with van der Waals surface area (Å²) in [5.41, 5.74) is 3.56. The van der Waals surface area contributed by atoms with Crippen molar-refractivity contribution in [3.8, 4) is 0 Å². The van der Waals surface area contributed by atoms with Gasteiger partial charge in [0, 0.05) is 19.0 Å². The Labute approximate surface area is 174 Å². The second-order valence-corrected chi connectivity index (χ2v) is 7.29. The van der Waals surface area contributed by atoms with Crippen molar-refractivity contribution >= 4 is 17.1 Å². The average molecular weight is 402 g/mol. The number of hydrogen-bond acceptors (Lipinski definition) is 3. The van der Waals surface area contributed by atoms with E-state index in [1.165, 1.54) is 12.1 Å². The van der Waals surface area contributed by atoms with Gasteiger partial charge in [0.25, 0.3) is 0 Å². The highest BCUT2D eigenvalue weighted by Gasteiger charge is 2.15. The summed E-state index contributed by atoms with van der Waals surface area (Å²) in [5, 5.41) is 3.04. The SMILES string of the molecule is C[C@H](NC(=O)CCc1nc2cccnc2n1Cc1ccc(F)cc1)c1ccccc1. The first-order valence-electron chi connectivity index (χ1n) is 9.99. The lowest BCUT2D eigenvalue weighted by molar-refractivity contribution is -0.121. The predicted molar refractivity (Wildman–Crippen MR) is 114 cm³/mol. The van der Waals surface area contributed by atoms with Crippen LogP contribution in [-0.4, -0.2) is 20.4 Å². The summed E-state index contributed by atoms with van der Waals surface area (Å²) in [6, 6.07) is 20.0. The maximum absolute atomic E-state index is 13.3. The normalized spacial score (nSPS) is 12.1. The largest absolute Gasteiger partial charge is 0.350 e. The topological polar surface area (TPSA) is 59.8 Å². The quantitative estimate of drug-likeness (QED) is 0.498. The Kier molecular flexibility index (Phi) is 5.84. The van der Waals surface area contributed by atoms with E-state index in [0.717, 1.165) is 28.1 Å². The van der Waals surface area contributed by atoms with Crippen LogP contribution in [0, 0.1) is 5.82 Å². The molecule has 6 heteroatoms. The van der Waals surface area contributed by atoms with Crippen LogP contribution in [0.2, 0.25) is 0 Å². The molecular weight excluding hydrogens is 379 g/mol. The number of nitrogens with one attached hydrogen (secondary N) is 1. The molecular formula is C24H23FN4O. The van der Waals surface area contributed by atoms with Crippen molar-refractivity contribution in [3.63, 3.8) is 0 Å². The third-order valence-corrected chi connectivity index (χ3v) is 5.09. The molecule has 4 rings (SSSR count). The first-order chi connectivity index (χ1) is 14.6. The number of rotatable bonds is 7. The molecule has 2 aromatic carbocycles. The number of nitrogens with zero attached hydrogens (tertiary/aromatic N) is 3. The minimum atomic E-state index is -0.267. The van der Waals surface area contributed by atoms with Gasteiger partial charge in [0.1, 0.15) is 17.2 Å². The maximum atomic E-state index is 13.3. The molecule has 0 aliphatic heterocycles. The Hall–Kier alpha value is -3.54. The summed E-state index contributed by atoms with van der Waals surface area (Å²) in [6.07, 6.45) is 2.54. The van der Waals surface area contributed by atoms with Crippen LogP contribution in [0.3, 0.4) is 0 Å². The molecule has 0 saturated heterocycles. The van der Waals surface area contributed by atoms with Crippen molar-refractivity contribution in [2.24, 2.45) is 0 Å².